The third kappa shape index (κ3) is 1.46. The second-order valence-electron chi connectivity index (χ2n) is 6.22. The highest BCUT2D eigenvalue weighted by Gasteiger charge is 2.58. The average molecular weight is 325 g/mol. The number of aliphatic hydroxyl groups excluding tert-OH is 1. The van der Waals surface area contributed by atoms with E-state index in [0.717, 1.165) is 11.1 Å². The standard InChI is InChI=1S/C18H15NO5/c1-10(20)19-13-5-3-2-4-11(13)18(17(19)21)8-22-14-7-16-15(6-12(14)18)23-9-24-16/h2-7,10,20H,8-9H2,1H3. The van der Waals surface area contributed by atoms with E-state index in [1.165, 1.54) is 4.90 Å². The van der Waals surface area contributed by atoms with Gasteiger partial charge in [-0.3, -0.25) is 9.69 Å². The van der Waals surface area contributed by atoms with Crippen LogP contribution in [0, 0.1) is 0 Å². The molecular weight excluding hydrogens is 310 g/mol. The minimum absolute atomic E-state index is 0.162. The highest BCUT2D eigenvalue weighted by atomic mass is 16.7. The molecule has 2 aromatic carbocycles. The maximum absolute atomic E-state index is 13.3. The monoisotopic (exact) mass is 325 g/mol. The van der Waals surface area contributed by atoms with Crippen LogP contribution in [0.2, 0.25) is 0 Å². The molecule has 3 heterocycles. The average Bonchev–Trinajstić information content (AvgIpc) is 3.23. The first-order chi connectivity index (χ1) is 11.6. The number of hydrogen-bond donors (Lipinski definition) is 1. The molecule has 6 nitrogen and oxygen atoms in total. The molecule has 24 heavy (non-hydrogen) atoms. The van der Waals surface area contributed by atoms with Crippen molar-refractivity contribution in [3.63, 3.8) is 0 Å². The number of amides is 1. The third-order valence-corrected chi connectivity index (χ3v) is 4.96. The second kappa shape index (κ2) is 4.42. The molecule has 2 unspecified atom stereocenters. The number of fused-ring (bicyclic) bond motifs is 5. The topological polar surface area (TPSA) is 68.2 Å². The number of aliphatic hydroxyl groups is 1. The summed E-state index contributed by atoms with van der Waals surface area (Å²) in [6, 6.07) is 11.1. The fraction of sp³-hybridized carbons (Fsp3) is 0.278. The molecule has 0 radical (unpaired) electrons. The maximum atomic E-state index is 13.3. The molecule has 122 valence electrons. The molecule has 0 aliphatic carbocycles. The first kappa shape index (κ1) is 13.7. The van der Waals surface area contributed by atoms with Crippen molar-refractivity contribution < 1.29 is 24.1 Å². The molecule has 3 aliphatic rings. The first-order valence-electron chi connectivity index (χ1n) is 7.81. The summed E-state index contributed by atoms with van der Waals surface area (Å²) in [6.45, 7) is 1.95. The van der Waals surface area contributed by atoms with Gasteiger partial charge in [-0.25, -0.2) is 0 Å². The molecule has 6 heteroatoms. The Hall–Kier alpha value is -2.73. The number of ether oxygens (including phenoxy) is 3. The van der Waals surface area contributed by atoms with Crippen molar-refractivity contribution >= 4 is 11.6 Å². The molecule has 1 amide bonds. The summed E-state index contributed by atoms with van der Waals surface area (Å²) in [6.07, 6.45) is -0.920. The number of benzene rings is 2. The Morgan fingerprint density at radius 2 is 1.83 bits per heavy atom. The van der Waals surface area contributed by atoms with E-state index in [4.69, 9.17) is 14.2 Å². The van der Waals surface area contributed by atoms with Crippen molar-refractivity contribution in [2.24, 2.45) is 0 Å². The minimum Gasteiger partial charge on any atom is -0.491 e. The Bertz CT molecular complexity index is 878. The number of para-hydroxylation sites is 1. The van der Waals surface area contributed by atoms with Crippen LogP contribution in [0.15, 0.2) is 36.4 Å². The number of rotatable bonds is 1. The van der Waals surface area contributed by atoms with Gasteiger partial charge in [0.1, 0.15) is 24.0 Å². The molecule has 1 spiro atoms. The van der Waals surface area contributed by atoms with Crippen molar-refractivity contribution in [2.75, 3.05) is 18.3 Å². The summed E-state index contributed by atoms with van der Waals surface area (Å²) in [5.74, 6) is 1.67. The molecule has 0 fully saturated rings. The van der Waals surface area contributed by atoms with Gasteiger partial charge in [0.15, 0.2) is 11.5 Å². The molecule has 0 saturated carbocycles. The van der Waals surface area contributed by atoms with Crippen LogP contribution in [0.4, 0.5) is 5.69 Å². The van der Waals surface area contributed by atoms with Crippen LogP contribution in [0.5, 0.6) is 17.2 Å². The van der Waals surface area contributed by atoms with E-state index in [1.807, 2.05) is 30.3 Å². The van der Waals surface area contributed by atoms with Crippen molar-refractivity contribution in [1.82, 2.24) is 0 Å². The summed E-state index contributed by atoms with van der Waals surface area (Å²) in [7, 11) is 0. The summed E-state index contributed by atoms with van der Waals surface area (Å²) < 4.78 is 16.7. The summed E-state index contributed by atoms with van der Waals surface area (Å²) >= 11 is 0. The highest BCUT2D eigenvalue weighted by molar-refractivity contribution is 6.11. The lowest BCUT2D eigenvalue weighted by Gasteiger charge is -2.24. The van der Waals surface area contributed by atoms with Gasteiger partial charge in [0.2, 0.25) is 12.7 Å². The smallest absolute Gasteiger partial charge is 0.247 e. The molecule has 5 rings (SSSR count). The Morgan fingerprint density at radius 3 is 2.62 bits per heavy atom. The Morgan fingerprint density at radius 1 is 1.08 bits per heavy atom. The lowest BCUT2D eigenvalue weighted by atomic mass is 9.77. The lowest BCUT2D eigenvalue weighted by molar-refractivity contribution is -0.123. The fourth-order valence-corrected chi connectivity index (χ4v) is 3.89. The Labute approximate surface area is 138 Å². The SMILES string of the molecule is CC(O)N1C(=O)C2(COc3cc4c(cc32)OCO4)c2ccccc21. The quantitative estimate of drug-likeness (QED) is 0.865. The van der Waals surface area contributed by atoms with E-state index in [-0.39, 0.29) is 19.3 Å². The van der Waals surface area contributed by atoms with Crippen molar-refractivity contribution in [3.05, 3.63) is 47.5 Å². The van der Waals surface area contributed by atoms with E-state index in [9.17, 15) is 9.90 Å². The zero-order chi connectivity index (χ0) is 16.5. The molecule has 0 saturated heterocycles. The van der Waals surface area contributed by atoms with E-state index in [2.05, 4.69) is 0 Å². The molecule has 2 aromatic rings. The lowest BCUT2D eigenvalue weighted by Crippen LogP contribution is -2.45. The minimum atomic E-state index is -0.954. The third-order valence-electron chi connectivity index (χ3n) is 4.96. The molecule has 2 atom stereocenters. The molecule has 0 aromatic heterocycles. The second-order valence-corrected chi connectivity index (χ2v) is 6.22. The number of carbonyl (C=O) groups is 1. The van der Waals surface area contributed by atoms with Gasteiger partial charge in [-0.15, -0.1) is 0 Å². The van der Waals surface area contributed by atoms with Gasteiger partial charge in [-0.1, -0.05) is 18.2 Å². The Balaban J connectivity index is 1.78. The number of anilines is 1. The van der Waals surface area contributed by atoms with Crippen molar-refractivity contribution in [3.8, 4) is 17.2 Å². The van der Waals surface area contributed by atoms with Gasteiger partial charge in [-0.2, -0.15) is 0 Å². The predicted octanol–water partition coefficient (Wildman–Crippen LogP) is 1.78. The van der Waals surface area contributed by atoms with Crippen molar-refractivity contribution in [1.29, 1.82) is 0 Å². The Kier molecular flexibility index (Phi) is 2.52. The predicted molar refractivity (Wildman–Crippen MR) is 84.4 cm³/mol. The number of nitrogens with zero attached hydrogens (tertiary/aromatic N) is 1. The van der Waals surface area contributed by atoms with E-state index in [0.29, 0.717) is 22.9 Å². The van der Waals surface area contributed by atoms with Gasteiger partial charge < -0.3 is 19.3 Å². The van der Waals surface area contributed by atoms with E-state index in [1.54, 1.807) is 13.0 Å². The van der Waals surface area contributed by atoms with Crippen molar-refractivity contribution in [2.45, 2.75) is 18.6 Å². The zero-order valence-electron chi connectivity index (χ0n) is 13.0. The molecule has 0 bridgehead atoms. The zero-order valence-corrected chi connectivity index (χ0v) is 13.0. The van der Waals surface area contributed by atoms with Crippen LogP contribution < -0.4 is 19.1 Å². The van der Waals surface area contributed by atoms with Gasteiger partial charge >= 0.3 is 0 Å². The molecule has 3 aliphatic heterocycles. The largest absolute Gasteiger partial charge is 0.491 e. The molecule has 1 N–H and O–H groups in total. The normalized spacial score (nSPS) is 24.1. The number of carbonyl (C=O) groups excluding carboxylic acids is 1. The maximum Gasteiger partial charge on any atom is 0.247 e. The summed E-state index contributed by atoms with van der Waals surface area (Å²) in [5, 5.41) is 10.1. The van der Waals surface area contributed by atoms with Crippen LogP contribution >= 0.6 is 0 Å². The van der Waals surface area contributed by atoms with Crippen LogP contribution in [0.1, 0.15) is 18.1 Å². The van der Waals surface area contributed by atoms with Crippen LogP contribution in [-0.2, 0) is 10.2 Å². The highest BCUT2D eigenvalue weighted by Crippen LogP contribution is 2.55. The fourth-order valence-electron chi connectivity index (χ4n) is 3.89. The van der Waals surface area contributed by atoms with Crippen LogP contribution in [0.3, 0.4) is 0 Å². The van der Waals surface area contributed by atoms with Gasteiger partial charge in [-0.05, 0) is 24.6 Å². The van der Waals surface area contributed by atoms with Crippen LogP contribution in [-0.4, -0.2) is 30.6 Å². The van der Waals surface area contributed by atoms with Crippen LogP contribution in [0.25, 0.3) is 0 Å². The molecular formula is C18H15NO5. The van der Waals surface area contributed by atoms with Gasteiger partial charge in [0.25, 0.3) is 0 Å². The number of hydrogen-bond acceptors (Lipinski definition) is 5. The van der Waals surface area contributed by atoms with E-state index < -0.39 is 11.6 Å². The summed E-state index contributed by atoms with van der Waals surface area (Å²) in [4.78, 5) is 14.7. The first-order valence-corrected chi connectivity index (χ1v) is 7.81. The van der Waals surface area contributed by atoms with Gasteiger partial charge in [0.05, 0.1) is 5.69 Å². The van der Waals surface area contributed by atoms with Gasteiger partial charge in [0, 0.05) is 11.6 Å². The summed E-state index contributed by atoms with van der Waals surface area (Å²) in [5.41, 5.74) is 1.36. The van der Waals surface area contributed by atoms with E-state index >= 15 is 0 Å².